The van der Waals surface area contributed by atoms with E-state index in [2.05, 4.69) is 30.8 Å². The van der Waals surface area contributed by atoms with E-state index >= 15 is 0 Å². The number of ether oxygens (including phenoxy) is 1. The average molecular weight is 565 g/mol. The molecule has 0 aliphatic carbocycles. The van der Waals surface area contributed by atoms with Gasteiger partial charge >= 0.3 is 13.4 Å². The summed E-state index contributed by atoms with van der Waals surface area (Å²) in [4.78, 5) is 15.5. The van der Waals surface area contributed by atoms with Crippen molar-refractivity contribution in [3.8, 4) is 0 Å². The molecule has 1 unspecified atom stereocenters. The van der Waals surface area contributed by atoms with Crippen molar-refractivity contribution < 1.29 is 27.1 Å². The van der Waals surface area contributed by atoms with Gasteiger partial charge in [-0.05, 0) is 11.6 Å². The summed E-state index contributed by atoms with van der Waals surface area (Å²) in [7, 11) is -0.618. The molecule has 0 bridgehead atoms. The second-order valence-corrected chi connectivity index (χ2v) is 14.2. The number of hydrogen-bond donors (Lipinski definition) is 2. The van der Waals surface area contributed by atoms with Crippen LogP contribution in [0, 0.1) is 0 Å². The summed E-state index contributed by atoms with van der Waals surface area (Å²) in [5, 5.41) is 2.80. The first-order chi connectivity index (χ1) is 16.9. The summed E-state index contributed by atoms with van der Waals surface area (Å²) in [6, 6.07) is 10.5. The van der Waals surface area contributed by atoms with E-state index in [0.29, 0.717) is 10.3 Å². The average Bonchev–Trinajstić information content (AvgIpc) is 3.10. The van der Waals surface area contributed by atoms with Gasteiger partial charge in [0.2, 0.25) is 6.23 Å². The minimum atomic E-state index is -3.86. The van der Waals surface area contributed by atoms with E-state index in [0.717, 1.165) is 11.8 Å². The topological polar surface area (TPSA) is 118 Å². The quantitative estimate of drug-likeness (QED) is 0.210. The molecule has 2 aromatic rings. The zero-order chi connectivity index (χ0) is 26.4. The molecule has 1 aromatic heterocycles. The summed E-state index contributed by atoms with van der Waals surface area (Å²) < 4.78 is 60.0. The van der Waals surface area contributed by atoms with Gasteiger partial charge in [-0.1, -0.05) is 72.7 Å². The SMILES string of the molecule is CC(C)(C)SSCCOP(=O)(NCc1ccccc1)OC[C@@H]1CC(F)(F)[C@H](n2ccc(N)nc2=O)O1. The molecule has 2 heterocycles. The number of anilines is 1. The van der Waals surface area contributed by atoms with Crippen LogP contribution in [0.5, 0.6) is 0 Å². The third kappa shape index (κ3) is 8.83. The van der Waals surface area contributed by atoms with Crippen molar-refractivity contribution in [2.45, 2.75) is 56.7 Å². The smallest absolute Gasteiger partial charge is 0.383 e. The number of nitrogen functional groups attached to an aromatic ring is 1. The zero-order valence-electron chi connectivity index (χ0n) is 20.3. The first-order valence-corrected chi connectivity index (χ1v) is 15.1. The van der Waals surface area contributed by atoms with E-state index in [1.165, 1.54) is 6.07 Å². The number of rotatable bonds is 12. The Bertz CT molecular complexity index is 1100. The van der Waals surface area contributed by atoms with Gasteiger partial charge in [0.1, 0.15) is 5.82 Å². The van der Waals surface area contributed by atoms with Gasteiger partial charge in [-0.2, -0.15) is 4.98 Å². The van der Waals surface area contributed by atoms with Crippen molar-refractivity contribution in [2.75, 3.05) is 24.7 Å². The van der Waals surface area contributed by atoms with Crippen molar-refractivity contribution >= 4 is 35.2 Å². The second-order valence-electron chi connectivity index (χ2n) is 9.08. The molecule has 200 valence electrons. The molecule has 9 nitrogen and oxygen atoms in total. The fourth-order valence-electron chi connectivity index (χ4n) is 3.21. The van der Waals surface area contributed by atoms with E-state index in [9.17, 15) is 18.1 Å². The number of hydrogen-bond acceptors (Lipinski definition) is 9. The molecule has 1 aliphatic rings. The van der Waals surface area contributed by atoms with Crippen molar-refractivity contribution in [2.24, 2.45) is 0 Å². The van der Waals surface area contributed by atoms with Crippen LogP contribution >= 0.6 is 29.3 Å². The van der Waals surface area contributed by atoms with E-state index in [4.69, 9.17) is 19.5 Å². The van der Waals surface area contributed by atoms with E-state index in [-0.39, 0.29) is 23.7 Å². The number of alkyl halides is 2. The molecule has 1 saturated heterocycles. The van der Waals surface area contributed by atoms with Crippen LogP contribution in [0.25, 0.3) is 0 Å². The highest BCUT2D eigenvalue weighted by molar-refractivity contribution is 8.77. The molecule has 1 fully saturated rings. The summed E-state index contributed by atoms with van der Waals surface area (Å²) in [5.74, 6) is -2.91. The van der Waals surface area contributed by atoms with Gasteiger partial charge in [0.25, 0.3) is 5.92 Å². The Balaban J connectivity index is 1.62. The maximum atomic E-state index is 14.7. The molecule has 1 aromatic carbocycles. The van der Waals surface area contributed by atoms with E-state index < -0.39 is 44.7 Å². The Morgan fingerprint density at radius 1 is 1.28 bits per heavy atom. The molecular formula is C22H31F2N4O5PS2. The van der Waals surface area contributed by atoms with Gasteiger partial charge in [-0.3, -0.25) is 13.6 Å². The first-order valence-electron chi connectivity index (χ1n) is 11.2. The van der Waals surface area contributed by atoms with E-state index in [1.54, 1.807) is 21.6 Å². The van der Waals surface area contributed by atoms with Gasteiger partial charge in [0.15, 0.2) is 0 Å². The molecule has 3 atom stereocenters. The highest BCUT2D eigenvalue weighted by atomic mass is 33.1. The third-order valence-electron chi connectivity index (χ3n) is 4.77. The minimum Gasteiger partial charge on any atom is -0.383 e. The Kier molecular flexibility index (Phi) is 10.0. The number of nitrogens with zero attached hydrogens (tertiary/aromatic N) is 2. The summed E-state index contributed by atoms with van der Waals surface area (Å²) in [6.45, 7) is 6.15. The van der Waals surface area contributed by atoms with Crippen LogP contribution in [-0.2, 0) is 24.9 Å². The number of nitrogens with one attached hydrogen (secondary N) is 1. The van der Waals surface area contributed by atoms with Crippen molar-refractivity contribution in [1.82, 2.24) is 14.6 Å². The highest BCUT2D eigenvalue weighted by Crippen LogP contribution is 2.47. The lowest BCUT2D eigenvalue weighted by Gasteiger charge is -2.22. The molecular weight excluding hydrogens is 533 g/mol. The predicted octanol–water partition coefficient (Wildman–Crippen LogP) is 4.86. The van der Waals surface area contributed by atoms with Crippen LogP contribution in [0.3, 0.4) is 0 Å². The summed E-state index contributed by atoms with van der Waals surface area (Å²) in [6.07, 6.45) is -2.63. The van der Waals surface area contributed by atoms with Gasteiger partial charge in [0, 0.05) is 29.7 Å². The fourth-order valence-corrected chi connectivity index (χ4v) is 6.76. The Morgan fingerprint density at radius 3 is 2.67 bits per heavy atom. The maximum Gasteiger partial charge on any atom is 0.405 e. The van der Waals surface area contributed by atoms with Gasteiger partial charge in [-0.25, -0.2) is 23.2 Å². The zero-order valence-corrected chi connectivity index (χ0v) is 22.8. The standard InChI is InChI=1S/C22H31F2N4O5PS2/c1-21(2,3)36-35-12-11-31-34(30,26-14-16-7-5-4-6-8-16)32-15-17-13-22(23,24)19(33-17)28-10-9-18(25)27-20(28)29/h4-10,17,19H,11-15H2,1-3H3,(H,26,30)(H2,25,27,29)/t17-,19+,34?/m0/s1. The molecule has 0 amide bonds. The molecule has 3 rings (SSSR count). The molecule has 36 heavy (non-hydrogen) atoms. The number of aromatic nitrogens is 2. The van der Waals surface area contributed by atoms with Crippen LogP contribution in [-0.4, -0.2) is 45.3 Å². The van der Waals surface area contributed by atoms with Crippen LogP contribution in [0.1, 0.15) is 39.0 Å². The van der Waals surface area contributed by atoms with Gasteiger partial charge < -0.3 is 10.5 Å². The lowest BCUT2D eigenvalue weighted by Crippen LogP contribution is -2.35. The van der Waals surface area contributed by atoms with E-state index in [1.807, 2.05) is 30.3 Å². The number of nitrogens with two attached hydrogens (primary N) is 1. The van der Waals surface area contributed by atoms with Crippen LogP contribution in [0.15, 0.2) is 47.4 Å². The van der Waals surface area contributed by atoms with Crippen molar-refractivity contribution in [1.29, 1.82) is 0 Å². The molecule has 14 heteroatoms. The molecule has 0 spiro atoms. The molecule has 0 saturated carbocycles. The second kappa shape index (κ2) is 12.4. The fraction of sp³-hybridized carbons (Fsp3) is 0.545. The highest BCUT2D eigenvalue weighted by Gasteiger charge is 2.52. The molecule has 1 aliphatic heterocycles. The first kappa shape index (κ1) is 29.1. The predicted molar refractivity (Wildman–Crippen MR) is 139 cm³/mol. The van der Waals surface area contributed by atoms with Gasteiger partial charge in [-0.15, -0.1) is 0 Å². The minimum absolute atomic E-state index is 0.0555. The Labute approximate surface area is 216 Å². The molecule has 0 radical (unpaired) electrons. The lowest BCUT2D eigenvalue weighted by atomic mass is 10.2. The van der Waals surface area contributed by atoms with Crippen molar-refractivity contribution in [3.05, 3.63) is 58.6 Å². The molecule has 3 N–H and O–H groups in total. The lowest BCUT2D eigenvalue weighted by molar-refractivity contribution is -0.119. The van der Waals surface area contributed by atoms with Crippen molar-refractivity contribution in [3.63, 3.8) is 0 Å². The normalized spacial score (nSPS) is 21.4. The van der Waals surface area contributed by atoms with Crippen LogP contribution < -0.4 is 16.5 Å². The largest absolute Gasteiger partial charge is 0.405 e. The summed E-state index contributed by atoms with van der Waals surface area (Å²) in [5.41, 5.74) is 5.33. The van der Waals surface area contributed by atoms with Gasteiger partial charge in [0.05, 0.1) is 19.3 Å². The number of benzene rings is 1. The third-order valence-corrected chi connectivity index (χ3v) is 9.64. The van der Waals surface area contributed by atoms with Crippen LogP contribution in [0.4, 0.5) is 14.6 Å². The monoisotopic (exact) mass is 564 g/mol. The van der Waals surface area contributed by atoms with Crippen LogP contribution in [0.2, 0.25) is 0 Å². The number of halogens is 2. The maximum absolute atomic E-state index is 14.7. The Hall–Kier alpha value is -1.47. The summed E-state index contributed by atoms with van der Waals surface area (Å²) >= 11 is 0. The Morgan fingerprint density at radius 2 is 2.00 bits per heavy atom.